The maximum Gasteiger partial charge on any atom is 0.251 e. The zero-order valence-corrected chi connectivity index (χ0v) is 18.3. The Morgan fingerprint density at radius 1 is 1.14 bits per heavy atom. The number of carbonyl (C=O) groups is 1. The Morgan fingerprint density at radius 2 is 1.86 bits per heavy atom. The van der Waals surface area contributed by atoms with Crippen LogP contribution in [-0.2, 0) is 0 Å². The highest BCUT2D eigenvalue weighted by atomic mass is 35.5. The number of amides is 1. The summed E-state index contributed by atoms with van der Waals surface area (Å²) in [6.07, 6.45) is 6.42. The number of halogens is 1. The summed E-state index contributed by atoms with van der Waals surface area (Å²) in [6.45, 7) is 10.5. The number of nitrogens with zero attached hydrogens (tertiary/aromatic N) is 1. The van der Waals surface area contributed by atoms with E-state index in [1.807, 2.05) is 6.92 Å². The molecule has 1 N–H and O–H groups in total. The van der Waals surface area contributed by atoms with E-state index in [0.29, 0.717) is 35.3 Å². The molecule has 0 aliphatic carbocycles. The highest BCUT2D eigenvalue weighted by Crippen LogP contribution is 2.37. The van der Waals surface area contributed by atoms with Crippen molar-refractivity contribution in [1.29, 1.82) is 0 Å². The van der Waals surface area contributed by atoms with Crippen molar-refractivity contribution >= 4 is 17.5 Å². The van der Waals surface area contributed by atoms with E-state index < -0.39 is 0 Å². The Balaban J connectivity index is 1.99. The van der Waals surface area contributed by atoms with E-state index in [4.69, 9.17) is 21.1 Å². The molecule has 0 atom stereocenters. The number of benzene rings is 1. The van der Waals surface area contributed by atoms with Gasteiger partial charge in [0.05, 0.1) is 18.2 Å². The van der Waals surface area contributed by atoms with Crippen molar-refractivity contribution in [2.75, 3.05) is 32.8 Å². The van der Waals surface area contributed by atoms with Crippen LogP contribution in [0.4, 0.5) is 0 Å². The second-order valence-electron chi connectivity index (χ2n) is 7.36. The molecule has 28 heavy (non-hydrogen) atoms. The predicted octanol–water partition coefficient (Wildman–Crippen LogP) is 4.91. The number of ether oxygens (including phenoxy) is 2. The maximum atomic E-state index is 12.8. The molecule has 5 nitrogen and oxygen atoms in total. The minimum absolute atomic E-state index is 0.102. The second kappa shape index (κ2) is 12.2. The van der Waals surface area contributed by atoms with E-state index in [1.165, 1.54) is 12.8 Å². The van der Waals surface area contributed by atoms with E-state index in [2.05, 4.69) is 24.1 Å². The summed E-state index contributed by atoms with van der Waals surface area (Å²) in [7, 11) is 0. The van der Waals surface area contributed by atoms with Gasteiger partial charge in [-0.25, -0.2) is 0 Å². The van der Waals surface area contributed by atoms with Gasteiger partial charge in [-0.1, -0.05) is 38.3 Å². The van der Waals surface area contributed by atoms with Gasteiger partial charge in [0.2, 0.25) is 0 Å². The van der Waals surface area contributed by atoms with E-state index >= 15 is 0 Å². The van der Waals surface area contributed by atoms with E-state index in [-0.39, 0.29) is 11.9 Å². The molecule has 1 fully saturated rings. The molecule has 0 bridgehead atoms. The molecule has 1 aliphatic heterocycles. The summed E-state index contributed by atoms with van der Waals surface area (Å²) in [5.41, 5.74) is 0.518. The summed E-state index contributed by atoms with van der Waals surface area (Å²) in [6, 6.07) is 3.62. The van der Waals surface area contributed by atoms with Gasteiger partial charge in [0.25, 0.3) is 5.91 Å². The molecule has 0 saturated carbocycles. The number of hydrogen-bond acceptors (Lipinski definition) is 4. The third kappa shape index (κ3) is 6.85. The summed E-state index contributed by atoms with van der Waals surface area (Å²) in [4.78, 5) is 15.3. The molecule has 0 spiro atoms. The lowest BCUT2D eigenvalue weighted by atomic mass is 10.0. The third-order valence-corrected chi connectivity index (χ3v) is 5.35. The van der Waals surface area contributed by atoms with Crippen molar-refractivity contribution in [2.45, 2.75) is 65.3 Å². The summed E-state index contributed by atoms with van der Waals surface area (Å²) in [5, 5.41) is 3.58. The van der Waals surface area contributed by atoms with Crippen LogP contribution in [0, 0.1) is 0 Å². The van der Waals surface area contributed by atoms with Crippen LogP contribution in [-0.4, -0.2) is 49.7 Å². The Bertz CT molecular complexity index is 616. The Kier molecular flexibility index (Phi) is 9.93. The van der Waals surface area contributed by atoms with Crippen LogP contribution < -0.4 is 14.8 Å². The van der Waals surface area contributed by atoms with Gasteiger partial charge < -0.3 is 19.7 Å². The molecule has 1 saturated heterocycles. The first kappa shape index (κ1) is 22.8. The minimum Gasteiger partial charge on any atom is -0.490 e. The number of carbonyl (C=O) groups excluding carboxylic acids is 1. The number of hydrogen-bond donors (Lipinski definition) is 1. The molecule has 158 valence electrons. The molecule has 1 aromatic carbocycles. The van der Waals surface area contributed by atoms with Gasteiger partial charge in [-0.2, -0.15) is 0 Å². The van der Waals surface area contributed by atoms with E-state index in [1.54, 1.807) is 12.1 Å². The first-order chi connectivity index (χ1) is 13.6. The van der Waals surface area contributed by atoms with Crippen LogP contribution in [0.15, 0.2) is 12.1 Å². The number of piperidine rings is 1. The first-order valence-corrected chi connectivity index (χ1v) is 11.1. The smallest absolute Gasteiger partial charge is 0.251 e. The van der Waals surface area contributed by atoms with Crippen LogP contribution in [0.3, 0.4) is 0 Å². The molecule has 0 radical (unpaired) electrons. The molecule has 1 aliphatic rings. The molecule has 0 aromatic heterocycles. The Morgan fingerprint density at radius 3 is 2.50 bits per heavy atom. The van der Waals surface area contributed by atoms with Crippen LogP contribution in [0.25, 0.3) is 0 Å². The van der Waals surface area contributed by atoms with Crippen molar-refractivity contribution in [2.24, 2.45) is 0 Å². The standard InChI is InChI=1S/C22H35ClN2O3/c1-4-7-11-25-12-9-18(10-13-25)24-22(26)17-15-19(23)21(28-14-8-5-2)20(16-17)27-6-3/h15-16,18H,4-14H2,1-3H3,(H,24,26). The van der Waals surface area contributed by atoms with E-state index in [9.17, 15) is 4.79 Å². The van der Waals surface area contributed by atoms with Crippen LogP contribution in [0.1, 0.15) is 69.7 Å². The quantitative estimate of drug-likeness (QED) is 0.526. The number of unbranched alkanes of at least 4 members (excludes halogenated alkanes) is 2. The average molecular weight is 411 g/mol. The molecular weight excluding hydrogens is 376 g/mol. The normalized spacial score (nSPS) is 15.4. The molecule has 1 amide bonds. The first-order valence-electron chi connectivity index (χ1n) is 10.7. The van der Waals surface area contributed by atoms with Gasteiger partial charge in [-0.3, -0.25) is 4.79 Å². The predicted molar refractivity (Wildman–Crippen MR) is 115 cm³/mol. The number of nitrogens with one attached hydrogen (secondary N) is 1. The monoisotopic (exact) mass is 410 g/mol. The lowest BCUT2D eigenvalue weighted by Crippen LogP contribution is -2.44. The largest absolute Gasteiger partial charge is 0.490 e. The van der Waals surface area contributed by atoms with Gasteiger partial charge in [-0.05, 0) is 51.3 Å². The lowest BCUT2D eigenvalue weighted by molar-refractivity contribution is 0.0910. The van der Waals surface area contributed by atoms with Gasteiger partial charge in [-0.15, -0.1) is 0 Å². The van der Waals surface area contributed by atoms with Crippen molar-refractivity contribution < 1.29 is 14.3 Å². The van der Waals surface area contributed by atoms with Crippen molar-refractivity contribution in [1.82, 2.24) is 10.2 Å². The van der Waals surface area contributed by atoms with Crippen molar-refractivity contribution in [3.63, 3.8) is 0 Å². The maximum absolute atomic E-state index is 12.8. The Labute approximate surface area is 174 Å². The average Bonchev–Trinajstić information content (AvgIpc) is 2.69. The van der Waals surface area contributed by atoms with Crippen LogP contribution >= 0.6 is 11.6 Å². The van der Waals surface area contributed by atoms with Crippen LogP contribution in [0.2, 0.25) is 5.02 Å². The summed E-state index contributed by atoms with van der Waals surface area (Å²) in [5.74, 6) is 0.957. The van der Waals surface area contributed by atoms with Crippen LogP contribution in [0.5, 0.6) is 11.5 Å². The van der Waals surface area contributed by atoms with E-state index in [0.717, 1.165) is 45.3 Å². The summed E-state index contributed by atoms with van der Waals surface area (Å²) < 4.78 is 11.5. The number of likely N-dealkylation sites (tertiary alicyclic amines) is 1. The molecule has 1 heterocycles. The zero-order chi connectivity index (χ0) is 20.4. The minimum atomic E-state index is -0.102. The van der Waals surface area contributed by atoms with Gasteiger partial charge >= 0.3 is 0 Å². The second-order valence-corrected chi connectivity index (χ2v) is 7.77. The SMILES string of the molecule is CCCCOc1c(Cl)cc(C(=O)NC2CCN(CCCC)CC2)cc1OCC. The van der Waals surface area contributed by atoms with Gasteiger partial charge in [0.1, 0.15) is 0 Å². The fourth-order valence-corrected chi connectivity index (χ4v) is 3.64. The van der Waals surface area contributed by atoms with Crippen molar-refractivity contribution in [3.05, 3.63) is 22.7 Å². The highest BCUT2D eigenvalue weighted by molar-refractivity contribution is 6.32. The third-order valence-electron chi connectivity index (χ3n) is 5.07. The molecule has 1 aromatic rings. The summed E-state index contributed by atoms with van der Waals surface area (Å²) >= 11 is 6.41. The molecule has 2 rings (SSSR count). The fraction of sp³-hybridized carbons (Fsp3) is 0.682. The number of rotatable bonds is 11. The zero-order valence-electron chi connectivity index (χ0n) is 17.6. The molecule has 0 unspecified atom stereocenters. The topological polar surface area (TPSA) is 50.8 Å². The lowest BCUT2D eigenvalue weighted by Gasteiger charge is -2.32. The van der Waals surface area contributed by atoms with Gasteiger partial charge in [0, 0.05) is 24.7 Å². The van der Waals surface area contributed by atoms with Gasteiger partial charge in [0.15, 0.2) is 11.5 Å². The molecular formula is C22H35ClN2O3. The fourth-order valence-electron chi connectivity index (χ4n) is 3.37. The van der Waals surface area contributed by atoms with Crippen molar-refractivity contribution in [3.8, 4) is 11.5 Å². The molecule has 6 heteroatoms. The Hall–Kier alpha value is -1.46. The highest BCUT2D eigenvalue weighted by Gasteiger charge is 2.22.